The van der Waals surface area contributed by atoms with Gasteiger partial charge >= 0.3 is 0 Å². The van der Waals surface area contributed by atoms with Crippen LogP contribution in [0.25, 0.3) is 11.3 Å². The molecule has 0 spiro atoms. The van der Waals surface area contributed by atoms with Crippen LogP contribution in [0.4, 0.5) is 11.4 Å². The van der Waals surface area contributed by atoms with Gasteiger partial charge in [-0.05, 0) is 36.4 Å². The molecule has 0 atom stereocenters. The maximum atomic E-state index is 12.6. The van der Waals surface area contributed by atoms with Crippen molar-refractivity contribution in [1.82, 2.24) is 10.2 Å². The molecule has 26 heavy (non-hydrogen) atoms. The zero-order valence-corrected chi connectivity index (χ0v) is 15.5. The Morgan fingerprint density at radius 1 is 1.15 bits per heavy atom. The number of hydrogen-bond acceptors (Lipinski definition) is 6. The lowest BCUT2D eigenvalue weighted by atomic mass is 10.2. The Hall–Kier alpha value is -2.36. The molecule has 7 nitrogen and oxygen atoms in total. The number of nitrogens with one attached hydrogen (secondary N) is 2. The number of ether oxygens (including phenoxy) is 1. The van der Waals surface area contributed by atoms with Gasteiger partial charge in [-0.2, -0.15) is 5.10 Å². The lowest BCUT2D eigenvalue weighted by Gasteiger charge is -2.28. The van der Waals surface area contributed by atoms with Gasteiger partial charge < -0.3 is 9.64 Å². The van der Waals surface area contributed by atoms with Gasteiger partial charge in [0.1, 0.15) is 4.21 Å². The fourth-order valence-corrected chi connectivity index (χ4v) is 5.02. The maximum Gasteiger partial charge on any atom is 0.271 e. The highest BCUT2D eigenvalue weighted by Gasteiger charge is 2.18. The van der Waals surface area contributed by atoms with Crippen LogP contribution in [0.5, 0.6) is 0 Å². The number of hydrogen-bond donors (Lipinski definition) is 2. The van der Waals surface area contributed by atoms with Crippen molar-refractivity contribution in [2.75, 3.05) is 35.9 Å². The molecule has 1 aliphatic rings. The quantitative estimate of drug-likeness (QED) is 0.699. The number of nitrogens with zero attached hydrogens (tertiary/aromatic N) is 2. The van der Waals surface area contributed by atoms with E-state index in [1.807, 2.05) is 12.1 Å². The molecule has 1 saturated heterocycles. The van der Waals surface area contributed by atoms with Gasteiger partial charge in [-0.3, -0.25) is 9.82 Å². The number of morpholine rings is 1. The Kier molecular flexibility index (Phi) is 4.66. The van der Waals surface area contributed by atoms with Crippen molar-refractivity contribution in [2.24, 2.45) is 0 Å². The highest BCUT2D eigenvalue weighted by atomic mass is 32.2. The zero-order chi connectivity index (χ0) is 18.0. The minimum Gasteiger partial charge on any atom is -0.378 e. The van der Waals surface area contributed by atoms with Crippen molar-refractivity contribution in [2.45, 2.75) is 4.21 Å². The van der Waals surface area contributed by atoms with Crippen LogP contribution in [-0.2, 0) is 14.8 Å². The maximum absolute atomic E-state index is 12.6. The Bertz CT molecular complexity index is 960. The van der Waals surface area contributed by atoms with Gasteiger partial charge in [0.2, 0.25) is 0 Å². The van der Waals surface area contributed by atoms with E-state index in [2.05, 4.69) is 19.8 Å². The second kappa shape index (κ2) is 7.10. The van der Waals surface area contributed by atoms with Gasteiger partial charge in [-0.15, -0.1) is 11.3 Å². The molecular formula is C17H18N4O3S2. The fourth-order valence-electron chi connectivity index (χ4n) is 2.78. The van der Waals surface area contributed by atoms with Crippen LogP contribution in [0.2, 0.25) is 0 Å². The van der Waals surface area contributed by atoms with Gasteiger partial charge in [0, 0.05) is 41.6 Å². The summed E-state index contributed by atoms with van der Waals surface area (Å²) in [5.41, 5.74) is 3.19. The molecule has 0 radical (unpaired) electrons. The van der Waals surface area contributed by atoms with Gasteiger partial charge in [0.15, 0.2) is 0 Å². The Balaban J connectivity index is 1.49. The molecule has 136 valence electrons. The predicted octanol–water partition coefficient (Wildman–Crippen LogP) is 2.78. The topological polar surface area (TPSA) is 87.3 Å². The number of thiophene rings is 1. The first-order chi connectivity index (χ1) is 12.6. The third kappa shape index (κ3) is 3.59. The number of aromatic nitrogens is 2. The first-order valence-corrected chi connectivity index (χ1v) is 10.5. The average molecular weight is 390 g/mol. The Labute approximate surface area is 155 Å². The first kappa shape index (κ1) is 17.1. The molecule has 2 N–H and O–H groups in total. The summed E-state index contributed by atoms with van der Waals surface area (Å²) in [5.74, 6) is 0. The SMILES string of the molecule is O=S(=O)(Nc1ccc(N2CCOCC2)cc1)c1cc(-c2ccn[nH]2)cs1. The summed E-state index contributed by atoms with van der Waals surface area (Å²) in [7, 11) is -3.62. The molecule has 9 heteroatoms. The van der Waals surface area contributed by atoms with E-state index in [0.29, 0.717) is 18.9 Å². The van der Waals surface area contributed by atoms with Gasteiger partial charge in [-0.25, -0.2) is 8.42 Å². The second-order valence-electron chi connectivity index (χ2n) is 5.88. The van der Waals surface area contributed by atoms with E-state index in [9.17, 15) is 8.42 Å². The number of benzene rings is 1. The van der Waals surface area contributed by atoms with Crippen molar-refractivity contribution in [3.05, 3.63) is 48.0 Å². The van der Waals surface area contributed by atoms with Gasteiger partial charge in [-0.1, -0.05) is 0 Å². The van der Waals surface area contributed by atoms with E-state index in [1.54, 1.807) is 35.8 Å². The first-order valence-electron chi connectivity index (χ1n) is 8.16. The standard InChI is InChI=1S/C17H18N4O3S2/c22-26(23,17-11-13(12-25-17)16-5-6-18-19-16)20-14-1-3-15(4-2-14)21-7-9-24-10-8-21/h1-6,11-12,20H,7-10H2,(H,18,19). The Morgan fingerprint density at radius 2 is 1.92 bits per heavy atom. The molecule has 1 fully saturated rings. The summed E-state index contributed by atoms with van der Waals surface area (Å²) in [6.45, 7) is 3.12. The van der Waals surface area contributed by atoms with E-state index in [0.717, 1.165) is 30.0 Å². The molecule has 1 aromatic carbocycles. The summed E-state index contributed by atoms with van der Waals surface area (Å²) >= 11 is 1.18. The number of sulfonamides is 1. The third-order valence-corrected chi connectivity index (χ3v) is 6.97. The zero-order valence-electron chi connectivity index (χ0n) is 13.9. The Morgan fingerprint density at radius 3 is 2.62 bits per heavy atom. The van der Waals surface area contributed by atoms with Crippen LogP contribution < -0.4 is 9.62 Å². The van der Waals surface area contributed by atoms with Crippen molar-refractivity contribution in [3.8, 4) is 11.3 Å². The summed E-state index contributed by atoms with van der Waals surface area (Å²) in [6, 6.07) is 10.9. The summed E-state index contributed by atoms with van der Waals surface area (Å²) < 4.78 is 33.5. The van der Waals surface area contributed by atoms with Crippen molar-refractivity contribution in [3.63, 3.8) is 0 Å². The van der Waals surface area contributed by atoms with E-state index in [4.69, 9.17) is 4.74 Å². The van der Waals surface area contributed by atoms with Crippen LogP contribution in [-0.4, -0.2) is 44.9 Å². The van der Waals surface area contributed by atoms with E-state index in [1.165, 1.54) is 11.3 Å². The van der Waals surface area contributed by atoms with Crippen LogP contribution in [0.15, 0.2) is 52.2 Å². The largest absolute Gasteiger partial charge is 0.378 e. The van der Waals surface area contributed by atoms with Gasteiger partial charge in [0.05, 0.1) is 18.9 Å². The second-order valence-corrected chi connectivity index (χ2v) is 8.70. The number of anilines is 2. The molecular weight excluding hydrogens is 372 g/mol. The van der Waals surface area contributed by atoms with Crippen molar-refractivity contribution in [1.29, 1.82) is 0 Å². The summed E-state index contributed by atoms with van der Waals surface area (Å²) in [6.07, 6.45) is 1.63. The highest BCUT2D eigenvalue weighted by molar-refractivity contribution is 7.94. The van der Waals surface area contributed by atoms with Crippen LogP contribution in [0, 0.1) is 0 Å². The normalized spacial score (nSPS) is 15.2. The van der Waals surface area contributed by atoms with Crippen LogP contribution in [0.1, 0.15) is 0 Å². The van der Waals surface area contributed by atoms with Crippen molar-refractivity contribution >= 4 is 32.7 Å². The highest BCUT2D eigenvalue weighted by Crippen LogP contribution is 2.29. The smallest absolute Gasteiger partial charge is 0.271 e. The number of H-pyrrole nitrogens is 1. The molecule has 0 aliphatic carbocycles. The van der Waals surface area contributed by atoms with Crippen LogP contribution in [0.3, 0.4) is 0 Å². The lowest BCUT2D eigenvalue weighted by Crippen LogP contribution is -2.36. The monoisotopic (exact) mass is 390 g/mol. The minimum atomic E-state index is -3.62. The summed E-state index contributed by atoms with van der Waals surface area (Å²) in [5, 5.41) is 8.52. The average Bonchev–Trinajstić information content (AvgIpc) is 3.35. The van der Waals surface area contributed by atoms with Crippen molar-refractivity contribution < 1.29 is 13.2 Å². The third-order valence-electron chi connectivity index (χ3n) is 4.15. The van der Waals surface area contributed by atoms with E-state index < -0.39 is 10.0 Å². The summed E-state index contributed by atoms with van der Waals surface area (Å²) in [4.78, 5) is 2.22. The minimum absolute atomic E-state index is 0.263. The molecule has 0 unspecified atom stereocenters. The molecule has 3 heterocycles. The van der Waals surface area contributed by atoms with Crippen LogP contribution >= 0.6 is 11.3 Å². The van der Waals surface area contributed by atoms with E-state index in [-0.39, 0.29) is 4.21 Å². The molecule has 2 aromatic heterocycles. The predicted molar refractivity (Wildman–Crippen MR) is 102 cm³/mol. The molecule has 0 bridgehead atoms. The van der Waals surface area contributed by atoms with E-state index >= 15 is 0 Å². The molecule has 0 saturated carbocycles. The van der Waals surface area contributed by atoms with Gasteiger partial charge in [0.25, 0.3) is 10.0 Å². The number of aromatic amines is 1. The molecule has 4 rings (SSSR count). The molecule has 3 aromatic rings. The fraction of sp³-hybridized carbons (Fsp3) is 0.235. The molecule has 0 amide bonds. The lowest BCUT2D eigenvalue weighted by molar-refractivity contribution is 0.122. The molecule has 1 aliphatic heterocycles. The number of rotatable bonds is 5.